The fourth-order valence-electron chi connectivity index (χ4n) is 3.38. The van der Waals surface area contributed by atoms with Crippen LogP contribution in [0.3, 0.4) is 0 Å². The molecule has 31 heavy (non-hydrogen) atoms. The van der Waals surface area contributed by atoms with Crippen LogP contribution in [0.1, 0.15) is 24.5 Å². The second kappa shape index (κ2) is 10.4. The molecule has 0 aromatic heterocycles. The van der Waals surface area contributed by atoms with Gasteiger partial charge in [-0.1, -0.05) is 41.6 Å². The number of amidine groups is 1. The Kier molecular flexibility index (Phi) is 7.91. The molecule has 1 fully saturated rings. The first-order valence-corrected chi connectivity index (χ1v) is 11.7. The molecule has 2 atom stereocenters. The lowest BCUT2D eigenvalue weighted by molar-refractivity contribution is -0.130. The van der Waals surface area contributed by atoms with Crippen LogP contribution in [0.2, 0.25) is 0 Å². The van der Waals surface area contributed by atoms with E-state index in [4.69, 9.17) is 9.73 Å². The number of thioether (sulfide) groups is 1. The normalized spacial score (nSPS) is 18.5. The average molecular weight is 504 g/mol. The summed E-state index contributed by atoms with van der Waals surface area (Å²) in [5, 5.41) is 2.93. The standard InChI is InChI=1S/C23H26BrN3O3S/c1-14-9-10-18(15(2)11-14)26-23-27(16(3)13-30-4)22(29)20(31-23)12-21(28)25-19-8-6-5-7-17(19)24/h5-11,16,20H,12-13H2,1-4H3,(H,25,28)/t16-,20+/m0/s1. The number of aryl methyl sites for hydroxylation is 2. The van der Waals surface area contributed by atoms with E-state index in [0.717, 1.165) is 21.3 Å². The highest BCUT2D eigenvalue weighted by atomic mass is 79.9. The molecule has 2 amide bonds. The van der Waals surface area contributed by atoms with E-state index in [9.17, 15) is 9.59 Å². The number of carbonyl (C=O) groups is 2. The van der Waals surface area contributed by atoms with Crippen LogP contribution in [-0.4, -0.2) is 46.9 Å². The molecule has 1 heterocycles. The fraction of sp³-hybridized carbons (Fsp3) is 0.348. The Bertz CT molecular complexity index is 1010. The molecule has 2 aromatic rings. The zero-order valence-electron chi connectivity index (χ0n) is 18.0. The molecule has 1 aliphatic heterocycles. The van der Waals surface area contributed by atoms with Crippen molar-refractivity contribution >= 4 is 56.0 Å². The van der Waals surface area contributed by atoms with Gasteiger partial charge < -0.3 is 10.1 Å². The van der Waals surface area contributed by atoms with Gasteiger partial charge in [-0.05, 0) is 60.5 Å². The first-order chi connectivity index (χ1) is 14.8. The predicted octanol–water partition coefficient (Wildman–Crippen LogP) is 5.06. The quantitative estimate of drug-likeness (QED) is 0.572. The van der Waals surface area contributed by atoms with Crippen LogP contribution in [0, 0.1) is 13.8 Å². The van der Waals surface area contributed by atoms with Crippen LogP contribution in [0.5, 0.6) is 0 Å². The Labute approximate surface area is 195 Å². The van der Waals surface area contributed by atoms with E-state index in [1.807, 2.05) is 57.2 Å². The number of ether oxygens (including phenoxy) is 1. The zero-order valence-corrected chi connectivity index (χ0v) is 20.4. The number of anilines is 1. The minimum absolute atomic E-state index is 0.0624. The number of carbonyl (C=O) groups excluding carboxylic acids is 2. The molecule has 1 aliphatic rings. The highest BCUT2D eigenvalue weighted by Gasteiger charge is 2.41. The Balaban J connectivity index is 1.82. The van der Waals surface area contributed by atoms with E-state index < -0.39 is 5.25 Å². The molecular formula is C23H26BrN3O3S. The summed E-state index contributed by atoms with van der Waals surface area (Å²) in [6, 6.07) is 13.2. The second-order valence-electron chi connectivity index (χ2n) is 7.54. The van der Waals surface area contributed by atoms with Crippen molar-refractivity contribution in [2.45, 2.75) is 38.5 Å². The van der Waals surface area contributed by atoms with Gasteiger partial charge in [-0.3, -0.25) is 14.5 Å². The van der Waals surface area contributed by atoms with Crippen LogP contribution in [0.4, 0.5) is 11.4 Å². The minimum Gasteiger partial charge on any atom is -0.383 e. The number of nitrogens with one attached hydrogen (secondary N) is 1. The molecule has 0 spiro atoms. The van der Waals surface area contributed by atoms with Gasteiger partial charge in [0.15, 0.2) is 5.17 Å². The summed E-state index contributed by atoms with van der Waals surface area (Å²) in [4.78, 5) is 32.3. The van der Waals surface area contributed by atoms with Crippen molar-refractivity contribution in [3.63, 3.8) is 0 Å². The van der Waals surface area contributed by atoms with Crippen LogP contribution >= 0.6 is 27.7 Å². The Morgan fingerprint density at radius 3 is 2.71 bits per heavy atom. The Morgan fingerprint density at radius 2 is 2.03 bits per heavy atom. The number of amides is 2. The summed E-state index contributed by atoms with van der Waals surface area (Å²) in [6.45, 7) is 6.33. The molecule has 1 N–H and O–H groups in total. The lowest BCUT2D eigenvalue weighted by atomic mass is 10.1. The molecule has 6 nitrogen and oxygen atoms in total. The Hall–Kier alpha value is -2.16. The van der Waals surface area contributed by atoms with E-state index in [1.54, 1.807) is 12.0 Å². The smallest absolute Gasteiger partial charge is 0.243 e. The van der Waals surface area contributed by atoms with Crippen LogP contribution in [0.15, 0.2) is 51.9 Å². The summed E-state index contributed by atoms with van der Waals surface area (Å²) in [7, 11) is 1.60. The molecule has 164 valence electrons. The first kappa shape index (κ1) is 23.5. The third-order valence-corrected chi connectivity index (χ3v) is 6.75. The zero-order chi connectivity index (χ0) is 22.5. The van der Waals surface area contributed by atoms with Crippen LogP contribution in [-0.2, 0) is 14.3 Å². The minimum atomic E-state index is -0.536. The SMILES string of the molecule is COC[C@H](C)N1C(=O)[C@@H](CC(=O)Nc2ccccc2Br)SC1=Nc1ccc(C)cc1C. The maximum Gasteiger partial charge on any atom is 0.243 e. The molecular weight excluding hydrogens is 478 g/mol. The van der Waals surface area contributed by atoms with Crippen molar-refractivity contribution in [2.24, 2.45) is 4.99 Å². The van der Waals surface area contributed by atoms with E-state index in [1.165, 1.54) is 11.8 Å². The van der Waals surface area contributed by atoms with E-state index in [2.05, 4.69) is 27.3 Å². The van der Waals surface area contributed by atoms with Gasteiger partial charge in [0.1, 0.15) is 5.25 Å². The summed E-state index contributed by atoms with van der Waals surface area (Å²) < 4.78 is 6.06. The summed E-state index contributed by atoms with van der Waals surface area (Å²) in [6.07, 6.45) is 0.0624. The summed E-state index contributed by atoms with van der Waals surface area (Å²) in [5.41, 5.74) is 3.68. The number of aliphatic imine (C=N–C) groups is 1. The van der Waals surface area contributed by atoms with Crippen LogP contribution < -0.4 is 5.32 Å². The number of rotatable bonds is 7. The van der Waals surface area contributed by atoms with Crippen molar-refractivity contribution in [2.75, 3.05) is 19.0 Å². The number of halogens is 1. The number of para-hydroxylation sites is 1. The summed E-state index contributed by atoms with van der Waals surface area (Å²) >= 11 is 4.76. The van der Waals surface area contributed by atoms with Crippen LogP contribution in [0.25, 0.3) is 0 Å². The first-order valence-electron chi connectivity index (χ1n) is 9.99. The van der Waals surface area contributed by atoms with E-state index in [-0.39, 0.29) is 24.3 Å². The van der Waals surface area contributed by atoms with Crippen molar-refractivity contribution in [1.82, 2.24) is 4.90 Å². The second-order valence-corrected chi connectivity index (χ2v) is 9.56. The summed E-state index contributed by atoms with van der Waals surface area (Å²) in [5.74, 6) is -0.342. The Morgan fingerprint density at radius 1 is 1.29 bits per heavy atom. The number of nitrogens with zero attached hydrogens (tertiary/aromatic N) is 2. The van der Waals surface area contributed by atoms with Gasteiger partial charge in [0.25, 0.3) is 0 Å². The molecule has 0 bridgehead atoms. The van der Waals surface area contributed by atoms with Gasteiger partial charge in [0.05, 0.1) is 24.0 Å². The molecule has 0 aliphatic carbocycles. The maximum atomic E-state index is 13.2. The number of hydrogen-bond donors (Lipinski definition) is 1. The molecule has 2 aromatic carbocycles. The maximum absolute atomic E-state index is 13.2. The molecule has 0 radical (unpaired) electrons. The van der Waals surface area contributed by atoms with Crippen molar-refractivity contribution in [3.8, 4) is 0 Å². The van der Waals surface area contributed by atoms with Gasteiger partial charge in [0, 0.05) is 18.0 Å². The third kappa shape index (κ3) is 5.75. The molecule has 3 rings (SSSR count). The van der Waals surface area contributed by atoms with Crippen molar-refractivity contribution < 1.29 is 14.3 Å². The number of methoxy groups -OCH3 is 1. The van der Waals surface area contributed by atoms with Gasteiger partial charge in [-0.15, -0.1) is 0 Å². The fourth-order valence-corrected chi connectivity index (χ4v) is 5.00. The van der Waals surface area contributed by atoms with Gasteiger partial charge in [-0.25, -0.2) is 4.99 Å². The van der Waals surface area contributed by atoms with Gasteiger partial charge in [-0.2, -0.15) is 0 Å². The molecule has 0 unspecified atom stereocenters. The van der Waals surface area contributed by atoms with Crippen molar-refractivity contribution in [1.29, 1.82) is 0 Å². The number of hydrogen-bond acceptors (Lipinski definition) is 5. The average Bonchev–Trinajstić information content (AvgIpc) is 3.01. The lowest BCUT2D eigenvalue weighted by Gasteiger charge is -2.23. The molecule has 1 saturated heterocycles. The van der Waals surface area contributed by atoms with Gasteiger partial charge in [0.2, 0.25) is 11.8 Å². The predicted molar refractivity (Wildman–Crippen MR) is 130 cm³/mol. The van der Waals surface area contributed by atoms with E-state index >= 15 is 0 Å². The lowest BCUT2D eigenvalue weighted by Crippen LogP contribution is -2.42. The highest BCUT2D eigenvalue weighted by molar-refractivity contribution is 9.10. The van der Waals surface area contributed by atoms with Gasteiger partial charge >= 0.3 is 0 Å². The largest absolute Gasteiger partial charge is 0.383 e. The number of benzene rings is 2. The topological polar surface area (TPSA) is 71.0 Å². The molecule has 8 heteroatoms. The highest BCUT2D eigenvalue weighted by Crippen LogP contribution is 2.34. The monoisotopic (exact) mass is 503 g/mol. The third-order valence-electron chi connectivity index (χ3n) is 4.90. The molecule has 0 saturated carbocycles. The van der Waals surface area contributed by atoms with Crippen molar-refractivity contribution in [3.05, 3.63) is 58.1 Å². The van der Waals surface area contributed by atoms with E-state index in [0.29, 0.717) is 17.5 Å².